The first-order valence-electron chi connectivity index (χ1n) is 9.74. The van der Waals surface area contributed by atoms with Crippen molar-refractivity contribution in [2.45, 2.75) is 32.4 Å². The number of fused-ring (bicyclic) bond motifs is 1. The molecule has 2 unspecified atom stereocenters. The minimum atomic E-state index is -0.630. The molecule has 152 valence electrons. The second-order valence-electron chi connectivity index (χ2n) is 6.82. The van der Waals surface area contributed by atoms with Gasteiger partial charge in [0, 0.05) is 5.39 Å². The first kappa shape index (κ1) is 20.5. The number of hydrogen-bond acceptors (Lipinski definition) is 4. The number of carbonyl (C=O) groups is 1. The normalized spacial score (nSPS) is 12.8. The van der Waals surface area contributed by atoms with Gasteiger partial charge < -0.3 is 19.5 Å². The summed E-state index contributed by atoms with van der Waals surface area (Å²) in [6.45, 7) is 3.79. The topological polar surface area (TPSA) is 56.8 Å². The quantitative estimate of drug-likeness (QED) is 0.592. The van der Waals surface area contributed by atoms with Gasteiger partial charge in [0.15, 0.2) is 17.6 Å². The van der Waals surface area contributed by atoms with Crippen LogP contribution < -0.4 is 19.5 Å². The first-order chi connectivity index (χ1) is 14.1. The van der Waals surface area contributed by atoms with E-state index in [1.54, 1.807) is 21.1 Å². The average molecular weight is 393 g/mol. The van der Waals surface area contributed by atoms with Gasteiger partial charge in [-0.1, -0.05) is 49.4 Å². The van der Waals surface area contributed by atoms with E-state index < -0.39 is 6.10 Å². The number of hydrogen-bond donors (Lipinski definition) is 1. The van der Waals surface area contributed by atoms with Crippen molar-refractivity contribution >= 4 is 16.7 Å². The molecule has 0 bridgehead atoms. The van der Waals surface area contributed by atoms with Gasteiger partial charge in [-0.25, -0.2) is 0 Å². The van der Waals surface area contributed by atoms with Crippen molar-refractivity contribution in [2.24, 2.45) is 0 Å². The van der Waals surface area contributed by atoms with Crippen LogP contribution in [-0.4, -0.2) is 26.2 Å². The molecule has 0 fully saturated rings. The van der Waals surface area contributed by atoms with Crippen LogP contribution in [0.3, 0.4) is 0 Å². The Bertz CT molecular complexity index is 980. The minimum Gasteiger partial charge on any atom is -0.493 e. The van der Waals surface area contributed by atoms with E-state index in [9.17, 15) is 4.79 Å². The molecule has 0 saturated carbocycles. The fourth-order valence-electron chi connectivity index (χ4n) is 3.32. The van der Waals surface area contributed by atoms with Crippen molar-refractivity contribution in [1.29, 1.82) is 0 Å². The van der Waals surface area contributed by atoms with Crippen LogP contribution in [0.5, 0.6) is 17.2 Å². The summed E-state index contributed by atoms with van der Waals surface area (Å²) >= 11 is 0. The van der Waals surface area contributed by atoms with E-state index in [0.29, 0.717) is 17.2 Å². The van der Waals surface area contributed by atoms with Crippen LogP contribution >= 0.6 is 0 Å². The highest BCUT2D eigenvalue weighted by Crippen LogP contribution is 2.31. The molecule has 0 saturated heterocycles. The van der Waals surface area contributed by atoms with E-state index in [1.165, 1.54) is 0 Å². The number of rotatable bonds is 8. The summed E-state index contributed by atoms with van der Waals surface area (Å²) < 4.78 is 16.7. The monoisotopic (exact) mass is 393 g/mol. The summed E-state index contributed by atoms with van der Waals surface area (Å²) in [6.07, 6.45) is 0.109. The van der Waals surface area contributed by atoms with Crippen molar-refractivity contribution in [3.63, 3.8) is 0 Å². The number of benzene rings is 3. The van der Waals surface area contributed by atoms with Crippen LogP contribution in [0.2, 0.25) is 0 Å². The number of methoxy groups -OCH3 is 2. The summed E-state index contributed by atoms with van der Waals surface area (Å²) in [7, 11) is 3.20. The molecule has 3 rings (SSSR count). The average Bonchev–Trinajstić information content (AvgIpc) is 2.77. The van der Waals surface area contributed by atoms with Crippen molar-refractivity contribution in [2.75, 3.05) is 14.2 Å². The maximum absolute atomic E-state index is 12.8. The van der Waals surface area contributed by atoms with Crippen LogP contribution in [-0.2, 0) is 4.79 Å². The smallest absolute Gasteiger partial charge is 0.261 e. The molecule has 5 heteroatoms. The standard InChI is InChI=1S/C24H27NO4/c1-5-20(18-13-14-22(27-3)23(15-18)28-4)25-24(26)16(2)29-21-12-8-10-17-9-6-7-11-19(17)21/h6-16,20H,5H2,1-4H3,(H,25,26). The first-order valence-corrected chi connectivity index (χ1v) is 9.74. The predicted molar refractivity (Wildman–Crippen MR) is 115 cm³/mol. The summed E-state index contributed by atoms with van der Waals surface area (Å²) in [6, 6.07) is 19.3. The molecule has 1 amide bonds. The van der Waals surface area contributed by atoms with Crippen LogP contribution in [0, 0.1) is 0 Å². The molecule has 0 aliphatic rings. The Kier molecular flexibility index (Phi) is 6.60. The van der Waals surface area contributed by atoms with Crippen LogP contribution in [0.4, 0.5) is 0 Å². The summed E-state index contributed by atoms with van der Waals surface area (Å²) in [4.78, 5) is 12.8. The lowest BCUT2D eigenvalue weighted by Crippen LogP contribution is -2.38. The predicted octanol–water partition coefficient (Wildman–Crippen LogP) is 4.89. The van der Waals surface area contributed by atoms with Gasteiger partial charge in [0.05, 0.1) is 20.3 Å². The Morgan fingerprint density at radius 1 is 0.931 bits per heavy atom. The Morgan fingerprint density at radius 2 is 1.66 bits per heavy atom. The fourth-order valence-corrected chi connectivity index (χ4v) is 3.32. The van der Waals surface area contributed by atoms with Gasteiger partial charge in [-0.05, 0) is 42.5 Å². The van der Waals surface area contributed by atoms with Gasteiger partial charge >= 0.3 is 0 Å². The van der Waals surface area contributed by atoms with Crippen molar-refractivity contribution in [3.05, 3.63) is 66.2 Å². The van der Waals surface area contributed by atoms with Gasteiger partial charge in [-0.2, -0.15) is 0 Å². The lowest BCUT2D eigenvalue weighted by molar-refractivity contribution is -0.128. The molecular formula is C24H27NO4. The number of ether oxygens (including phenoxy) is 3. The fraction of sp³-hybridized carbons (Fsp3) is 0.292. The van der Waals surface area contributed by atoms with Crippen LogP contribution in [0.15, 0.2) is 60.7 Å². The van der Waals surface area contributed by atoms with Gasteiger partial charge in [0.2, 0.25) is 0 Å². The third-order valence-corrected chi connectivity index (χ3v) is 4.96. The van der Waals surface area contributed by atoms with Crippen molar-refractivity contribution < 1.29 is 19.0 Å². The SMILES string of the molecule is CCC(NC(=O)C(C)Oc1cccc2ccccc12)c1ccc(OC)c(OC)c1. The maximum atomic E-state index is 12.8. The second kappa shape index (κ2) is 9.32. The molecule has 29 heavy (non-hydrogen) atoms. The zero-order valence-electron chi connectivity index (χ0n) is 17.3. The zero-order valence-corrected chi connectivity index (χ0v) is 17.3. The zero-order chi connectivity index (χ0) is 20.8. The van der Waals surface area contributed by atoms with E-state index in [-0.39, 0.29) is 11.9 Å². The molecule has 0 spiro atoms. The molecule has 5 nitrogen and oxygen atoms in total. The number of nitrogens with one attached hydrogen (secondary N) is 1. The third kappa shape index (κ3) is 4.62. The highest BCUT2D eigenvalue weighted by Gasteiger charge is 2.21. The van der Waals surface area contributed by atoms with Gasteiger partial charge in [-0.15, -0.1) is 0 Å². The summed E-state index contributed by atoms with van der Waals surface area (Å²) in [5.41, 5.74) is 0.955. The van der Waals surface area contributed by atoms with Crippen molar-refractivity contribution in [1.82, 2.24) is 5.32 Å². The highest BCUT2D eigenvalue weighted by atomic mass is 16.5. The molecule has 0 aromatic heterocycles. The van der Waals surface area contributed by atoms with E-state index in [0.717, 1.165) is 22.8 Å². The van der Waals surface area contributed by atoms with Gasteiger partial charge in [0.1, 0.15) is 5.75 Å². The molecule has 2 atom stereocenters. The Morgan fingerprint density at radius 3 is 2.38 bits per heavy atom. The summed E-state index contributed by atoms with van der Waals surface area (Å²) in [5.74, 6) is 1.83. The maximum Gasteiger partial charge on any atom is 0.261 e. The lowest BCUT2D eigenvalue weighted by Gasteiger charge is -2.22. The molecule has 3 aromatic rings. The number of amides is 1. The van der Waals surface area contributed by atoms with Crippen LogP contribution in [0.25, 0.3) is 10.8 Å². The lowest BCUT2D eigenvalue weighted by atomic mass is 10.0. The molecule has 0 aliphatic carbocycles. The van der Waals surface area contributed by atoms with E-state index >= 15 is 0 Å². The van der Waals surface area contributed by atoms with Crippen molar-refractivity contribution in [3.8, 4) is 17.2 Å². The Labute approximate surface area is 171 Å². The molecule has 0 radical (unpaired) electrons. The summed E-state index contributed by atoms with van der Waals surface area (Å²) in [5, 5.41) is 5.15. The largest absolute Gasteiger partial charge is 0.493 e. The van der Waals surface area contributed by atoms with Gasteiger partial charge in [-0.3, -0.25) is 4.79 Å². The van der Waals surface area contributed by atoms with Gasteiger partial charge in [0.25, 0.3) is 5.91 Å². The Hall–Kier alpha value is -3.21. The van der Waals surface area contributed by atoms with E-state index in [4.69, 9.17) is 14.2 Å². The second-order valence-corrected chi connectivity index (χ2v) is 6.82. The number of carbonyl (C=O) groups excluding carboxylic acids is 1. The van der Waals surface area contributed by atoms with Crippen LogP contribution in [0.1, 0.15) is 31.9 Å². The molecular weight excluding hydrogens is 366 g/mol. The molecule has 0 aliphatic heterocycles. The van der Waals surface area contributed by atoms with E-state index in [1.807, 2.05) is 67.6 Å². The molecule has 3 aromatic carbocycles. The molecule has 1 N–H and O–H groups in total. The highest BCUT2D eigenvalue weighted by molar-refractivity contribution is 5.89. The Balaban J connectivity index is 1.74. The van der Waals surface area contributed by atoms with E-state index in [2.05, 4.69) is 5.32 Å². The molecule has 0 heterocycles. The minimum absolute atomic E-state index is 0.152. The third-order valence-electron chi connectivity index (χ3n) is 4.96.